The summed E-state index contributed by atoms with van der Waals surface area (Å²) in [6, 6.07) is 4.94. The van der Waals surface area contributed by atoms with Crippen LogP contribution in [0.4, 0.5) is 0 Å². The van der Waals surface area contributed by atoms with Crippen molar-refractivity contribution < 1.29 is 22.4 Å². The smallest absolute Gasteiger partial charge is 0.270 e. The van der Waals surface area contributed by atoms with Crippen LogP contribution in [-0.4, -0.2) is 60.6 Å². The Hall–Kier alpha value is -2.59. The zero-order valence-electron chi connectivity index (χ0n) is 18.1. The molecule has 2 amide bonds. The summed E-state index contributed by atoms with van der Waals surface area (Å²) in [5, 5.41) is 2.82. The molecular weight excluding hydrogens is 432 g/mol. The van der Waals surface area contributed by atoms with Gasteiger partial charge < -0.3 is 19.6 Å². The third kappa shape index (κ3) is 5.07. The van der Waals surface area contributed by atoms with Crippen molar-refractivity contribution in [1.82, 2.24) is 19.5 Å². The number of hydrogen-bond acceptors (Lipinski definition) is 5. The molecule has 10 heteroatoms. The van der Waals surface area contributed by atoms with Gasteiger partial charge in [0.05, 0.1) is 18.7 Å². The average Bonchev–Trinajstić information content (AvgIpc) is 3.44. The van der Waals surface area contributed by atoms with E-state index in [1.165, 1.54) is 16.6 Å². The maximum atomic E-state index is 13.2. The minimum atomic E-state index is -3.80. The summed E-state index contributed by atoms with van der Waals surface area (Å²) in [5.41, 5.74) is 0.287. The highest BCUT2D eigenvalue weighted by Crippen LogP contribution is 2.25. The molecule has 0 saturated carbocycles. The van der Waals surface area contributed by atoms with Gasteiger partial charge in [0.25, 0.3) is 5.91 Å². The minimum absolute atomic E-state index is 0.0623. The molecule has 2 aromatic rings. The molecule has 2 N–H and O–H groups in total. The van der Waals surface area contributed by atoms with Crippen LogP contribution in [0.15, 0.2) is 40.0 Å². The van der Waals surface area contributed by atoms with E-state index < -0.39 is 15.9 Å². The zero-order valence-corrected chi connectivity index (χ0v) is 18.9. The molecule has 2 saturated heterocycles. The maximum Gasteiger partial charge on any atom is 0.270 e. The summed E-state index contributed by atoms with van der Waals surface area (Å²) < 4.78 is 33.0. The number of likely N-dealkylation sites (tertiary alicyclic amines) is 1. The first-order valence-electron chi connectivity index (χ1n) is 11.2. The summed E-state index contributed by atoms with van der Waals surface area (Å²) in [7, 11) is -3.80. The summed E-state index contributed by atoms with van der Waals surface area (Å²) in [4.78, 5) is 30.1. The largest absolute Gasteiger partial charge is 0.467 e. The monoisotopic (exact) mass is 462 g/mol. The van der Waals surface area contributed by atoms with Crippen molar-refractivity contribution in [3.63, 3.8) is 0 Å². The van der Waals surface area contributed by atoms with Crippen LogP contribution in [0.1, 0.15) is 54.8 Å². The van der Waals surface area contributed by atoms with Crippen molar-refractivity contribution in [2.45, 2.75) is 50.0 Å². The first-order chi connectivity index (χ1) is 15.4. The Labute approximate surface area is 188 Å². The summed E-state index contributed by atoms with van der Waals surface area (Å²) >= 11 is 0. The first-order valence-corrected chi connectivity index (χ1v) is 12.7. The molecule has 2 fully saturated rings. The van der Waals surface area contributed by atoms with Gasteiger partial charge in [0.1, 0.15) is 16.3 Å². The second-order valence-corrected chi connectivity index (χ2v) is 10.4. The number of nitrogens with one attached hydrogen (secondary N) is 2. The lowest BCUT2D eigenvalue weighted by atomic mass is 9.99. The lowest BCUT2D eigenvalue weighted by molar-refractivity contribution is -0.126. The number of sulfonamides is 1. The third-order valence-corrected chi connectivity index (χ3v) is 8.03. The van der Waals surface area contributed by atoms with E-state index in [0.717, 1.165) is 25.7 Å². The predicted octanol–water partition coefficient (Wildman–Crippen LogP) is 2.34. The van der Waals surface area contributed by atoms with Crippen LogP contribution in [0.25, 0.3) is 0 Å². The van der Waals surface area contributed by atoms with Crippen molar-refractivity contribution in [3.05, 3.63) is 42.1 Å². The molecule has 1 atom stereocenters. The van der Waals surface area contributed by atoms with E-state index in [1.807, 2.05) is 0 Å². The van der Waals surface area contributed by atoms with Gasteiger partial charge in [0.15, 0.2) is 0 Å². The zero-order chi connectivity index (χ0) is 22.6. The number of nitrogens with zero attached hydrogens (tertiary/aromatic N) is 2. The molecule has 0 spiro atoms. The molecule has 4 rings (SSSR count). The van der Waals surface area contributed by atoms with E-state index in [1.54, 1.807) is 23.3 Å². The highest BCUT2D eigenvalue weighted by atomic mass is 32.2. The second-order valence-electron chi connectivity index (χ2n) is 8.45. The van der Waals surface area contributed by atoms with E-state index in [2.05, 4.69) is 10.3 Å². The van der Waals surface area contributed by atoms with Gasteiger partial charge in [-0.05, 0) is 43.9 Å². The highest BCUT2D eigenvalue weighted by Gasteiger charge is 2.34. The fourth-order valence-electron chi connectivity index (χ4n) is 4.35. The average molecular weight is 463 g/mol. The number of carbonyl (C=O) groups excluding carboxylic acids is 2. The number of piperidine rings is 1. The van der Waals surface area contributed by atoms with Crippen LogP contribution < -0.4 is 5.32 Å². The third-order valence-electron chi connectivity index (χ3n) is 6.19. The van der Waals surface area contributed by atoms with E-state index >= 15 is 0 Å². The molecule has 32 heavy (non-hydrogen) atoms. The van der Waals surface area contributed by atoms with Gasteiger partial charge in [-0.1, -0.05) is 12.8 Å². The number of aromatic amines is 1. The fraction of sp³-hybridized carbons (Fsp3) is 0.545. The SMILES string of the molecule is O=C(NCc1ccco1)[C@H]1CCCN(S(=O)(=O)c2c[nH]c(C(=O)N3CCCCCC3)c2)C1. The van der Waals surface area contributed by atoms with Crippen LogP contribution in [0.3, 0.4) is 0 Å². The molecule has 4 heterocycles. The number of rotatable bonds is 6. The Balaban J connectivity index is 1.40. The molecule has 0 aromatic carbocycles. The Bertz CT molecular complexity index is 1020. The van der Waals surface area contributed by atoms with Gasteiger partial charge in [0.2, 0.25) is 15.9 Å². The lowest BCUT2D eigenvalue weighted by Crippen LogP contribution is -2.45. The van der Waals surface area contributed by atoms with Gasteiger partial charge in [-0.2, -0.15) is 4.31 Å². The van der Waals surface area contributed by atoms with Gasteiger partial charge in [-0.25, -0.2) is 8.42 Å². The van der Waals surface area contributed by atoms with Crippen molar-refractivity contribution >= 4 is 21.8 Å². The van der Waals surface area contributed by atoms with Crippen molar-refractivity contribution in [3.8, 4) is 0 Å². The van der Waals surface area contributed by atoms with Crippen LogP contribution in [-0.2, 0) is 21.4 Å². The van der Waals surface area contributed by atoms with Gasteiger partial charge in [-0.3, -0.25) is 9.59 Å². The molecule has 2 aliphatic rings. The Morgan fingerprint density at radius 1 is 1.12 bits per heavy atom. The topological polar surface area (TPSA) is 116 Å². The number of aromatic nitrogens is 1. The molecule has 0 unspecified atom stereocenters. The molecular formula is C22H30N4O5S. The molecule has 9 nitrogen and oxygen atoms in total. The summed E-state index contributed by atoms with van der Waals surface area (Å²) in [6.07, 6.45) is 8.30. The molecule has 2 aliphatic heterocycles. The fourth-order valence-corrected chi connectivity index (χ4v) is 5.86. The lowest BCUT2D eigenvalue weighted by Gasteiger charge is -2.30. The molecule has 0 bridgehead atoms. The first kappa shape index (κ1) is 22.6. The quantitative estimate of drug-likeness (QED) is 0.684. The number of H-pyrrole nitrogens is 1. The number of carbonyl (C=O) groups is 2. The minimum Gasteiger partial charge on any atom is -0.467 e. The molecule has 0 aliphatic carbocycles. The van der Waals surface area contributed by atoms with Crippen molar-refractivity contribution in [1.29, 1.82) is 0 Å². The van der Waals surface area contributed by atoms with E-state index in [4.69, 9.17) is 4.42 Å². The Morgan fingerprint density at radius 3 is 2.62 bits per heavy atom. The van der Waals surface area contributed by atoms with Crippen LogP contribution >= 0.6 is 0 Å². The number of amides is 2. The standard InChI is InChI=1S/C22H30N4O5S/c27-21(24-14-18-8-6-12-31-18)17-7-5-11-26(16-17)32(29,30)19-13-20(23-15-19)22(28)25-9-3-1-2-4-10-25/h6,8,12-13,15,17,23H,1-5,7,9-11,14,16H2,(H,24,27)/t17-/m0/s1. The Morgan fingerprint density at radius 2 is 1.91 bits per heavy atom. The Kier molecular flexibility index (Phi) is 7.00. The summed E-state index contributed by atoms with van der Waals surface area (Å²) in [6.45, 7) is 2.13. The maximum absolute atomic E-state index is 13.2. The normalized spacial score (nSPS) is 20.6. The molecule has 0 radical (unpaired) electrons. The van der Waals surface area contributed by atoms with E-state index in [9.17, 15) is 18.0 Å². The van der Waals surface area contributed by atoms with E-state index in [-0.39, 0.29) is 35.5 Å². The van der Waals surface area contributed by atoms with Crippen molar-refractivity contribution in [2.75, 3.05) is 26.2 Å². The van der Waals surface area contributed by atoms with Gasteiger partial charge >= 0.3 is 0 Å². The molecule has 174 valence electrons. The van der Waals surface area contributed by atoms with Crippen LogP contribution in [0.2, 0.25) is 0 Å². The number of furan rings is 1. The summed E-state index contributed by atoms with van der Waals surface area (Å²) in [5.74, 6) is -0.132. The molecule has 2 aromatic heterocycles. The van der Waals surface area contributed by atoms with Crippen molar-refractivity contribution in [2.24, 2.45) is 5.92 Å². The van der Waals surface area contributed by atoms with Gasteiger partial charge in [-0.15, -0.1) is 0 Å². The predicted molar refractivity (Wildman–Crippen MR) is 117 cm³/mol. The van der Waals surface area contributed by atoms with Crippen LogP contribution in [0.5, 0.6) is 0 Å². The van der Waals surface area contributed by atoms with Gasteiger partial charge in [0, 0.05) is 32.4 Å². The highest BCUT2D eigenvalue weighted by molar-refractivity contribution is 7.89. The van der Waals surface area contributed by atoms with E-state index in [0.29, 0.717) is 38.2 Å². The number of hydrogen-bond donors (Lipinski definition) is 2. The van der Waals surface area contributed by atoms with Crippen LogP contribution in [0, 0.1) is 5.92 Å². The second kappa shape index (κ2) is 9.91.